The minimum absolute atomic E-state index is 0.0812. The molecule has 2 heterocycles. The standard InChI is InChI=1S/C16H20N4O3/c1-9-11(10(2)19-15(22)12(9)8-17)5-6-14(21)20-13-4-3-7-18-16(13)23/h13H,3-7H2,1-2H3,(H,18,23)(H,19,22)(H,20,21)/t13-/m0/s1. The van der Waals surface area contributed by atoms with Gasteiger partial charge in [0.05, 0.1) is 0 Å². The summed E-state index contributed by atoms with van der Waals surface area (Å²) in [5, 5.41) is 14.5. The van der Waals surface area contributed by atoms with Crippen molar-refractivity contribution in [2.75, 3.05) is 6.54 Å². The van der Waals surface area contributed by atoms with Gasteiger partial charge in [-0.1, -0.05) is 0 Å². The van der Waals surface area contributed by atoms with Crippen LogP contribution in [-0.2, 0) is 16.0 Å². The van der Waals surface area contributed by atoms with Crippen LogP contribution in [0.5, 0.6) is 0 Å². The average Bonchev–Trinajstić information content (AvgIpc) is 2.49. The summed E-state index contributed by atoms with van der Waals surface area (Å²) in [6.07, 6.45) is 2.10. The first kappa shape index (κ1) is 16.7. The molecule has 1 fully saturated rings. The normalized spacial score (nSPS) is 17.3. The van der Waals surface area contributed by atoms with E-state index >= 15 is 0 Å². The molecular weight excluding hydrogens is 296 g/mol. The molecule has 23 heavy (non-hydrogen) atoms. The molecule has 1 aromatic heterocycles. The van der Waals surface area contributed by atoms with E-state index < -0.39 is 11.6 Å². The summed E-state index contributed by atoms with van der Waals surface area (Å²) < 4.78 is 0. The number of aromatic amines is 1. The van der Waals surface area contributed by atoms with Gasteiger partial charge in [-0.2, -0.15) is 5.26 Å². The van der Waals surface area contributed by atoms with Crippen LogP contribution in [0.2, 0.25) is 0 Å². The molecular formula is C16H20N4O3. The average molecular weight is 316 g/mol. The number of nitrogens with zero attached hydrogens (tertiary/aromatic N) is 1. The minimum Gasteiger partial charge on any atom is -0.354 e. The Morgan fingerprint density at radius 3 is 2.78 bits per heavy atom. The van der Waals surface area contributed by atoms with Crippen LogP contribution < -0.4 is 16.2 Å². The van der Waals surface area contributed by atoms with E-state index in [1.54, 1.807) is 13.8 Å². The number of aromatic nitrogens is 1. The maximum atomic E-state index is 12.0. The third kappa shape index (κ3) is 3.77. The minimum atomic E-state index is -0.469. The summed E-state index contributed by atoms with van der Waals surface area (Å²) in [6.45, 7) is 4.11. The van der Waals surface area contributed by atoms with Gasteiger partial charge in [-0.05, 0) is 44.2 Å². The lowest BCUT2D eigenvalue weighted by Gasteiger charge is -2.22. The molecule has 1 aliphatic heterocycles. The predicted molar refractivity (Wildman–Crippen MR) is 83.7 cm³/mol. The summed E-state index contributed by atoms with van der Waals surface area (Å²) in [6, 6.07) is 1.42. The number of hydrogen-bond donors (Lipinski definition) is 3. The molecule has 0 saturated carbocycles. The summed E-state index contributed by atoms with van der Waals surface area (Å²) in [5.74, 6) is -0.358. The number of rotatable bonds is 4. The van der Waals surface area contributed by atoms with Crippen molar-refractivity contribution in [3.63, 3.8) is 0 Å². The molecule has 2 rings (SSSR count). The number of carbonyl (C=O) groups is 2. The van der Waals surface area contributed by atoms with Crippen molar-refractivity contribution in [3.8, 4) is 6.07 Å². The third-order valence-corrected chi connectivity index (χ3v) is 4.14. The molecule has 7 heteroatoms. The second-order valence-electron chi connectivity index (χ2n) is 5.72. The van der Waals surface area contributed by atoms with Crippen molar-refractivity contribution >= 4 is 11.8 Å². The van der Waals surface area contributed by atoms with E-state index in [9.17, 15) is 14.4 Å². The fourth-order valence-corrected chi connectivity index (χ4v) is 2.84. The van der Waals surface area contributed by atoms with E-state index in [1.807, 2.05) is 6.07 Å². The Kier molecular flexibility index (Phi) is 5.16. The van der Waals surface area contributed by atoms with Crippen LogP contribution in [0.3, 0.4) is 0 Å². The number of piperidine rings is 1. The lowest BCUT2D eigenvalue weighted by Crippen LogP contribution is -2.50. The van der Waals surface area contributed by atoms with Gasteiger partial charge in [0.2, 0.25) is 11.8 Å². The third-order valence-electron chi connectivity index (χ3n) is 4.14. The van der Waals surface area contributed by atoms with Crippen molar-refractivity contribution in [2.45, 2.75) is 45.6 Å². The summed E-state index contributed by atoms with van der Waals surface area (Å²) in [7, 11) is 0. The number of amides is 2. The molecule has 0 radical (unpaired) electrons. The Hall–Kier alpha value is -2.62. The van der Waals surface area contributed by atoms with E-state index in [1.165, 1.54) is 0 Å². The molecule has 0 aromatic carbocycles. The second-order valence-corrected chi connectivity index (χ2v) is 5.72. The number of nitriles is 1. The van der Waals surface area contributed by atoms with Gasteiger partial charge in [0.15, 0.2) is 0 Å². The zero-order valence-corrected chi connectivity index (χ0v) is 13.3. The molecule has 0 spiro atoms. The molecule has 2 amide bonds. The van der Waals surface area contributed by atoms with Crippen molar-refractivity contribution in [1.82, 2.24) is 15.6 Å². The highest BCUT2D eigenvalue weighted by atomic mass is 16.2. The fourth-order valence-electron chi connectivity index (χ4n) is 2.84. The van der Waals surface area contributed by atoms with Gasteiger partial charge in [-0.3, -0.25) is 14.4 Å². The van der Waals surface area contributed by atoms with Crippen LogP contribution in [0.1, 0.15) is 41.6 Å². The zero-order valence-electron chi connectivity index (χ0n) is 13.3. The lowest BCUT2D eigenvalue weighted by atomic mass is 9.98. The van der Waals surface area contributed by atoms with Crippen molar-refractivity contribution in [3.05, 3.63) is 32.7 Å². The molecule has 0 bridgehead atoms. The van der Waals surface area contributed by atoms with Crippen molar-refractivity contribution in [2.24, 2.45) is 0 Å². The highest BCUT2D eigenvalue weighted by Crippen LogP contribution is 2.15. The maximum absolute atomic E-state index is 12.0. The summed E-state index contributed by atoms with van der Waals surface area (Å²) in [5.41, 5.74) is 1.74. The van der Waals surface area contributed by atoms with E-state index in [2.05, 4.69) is 15.6 Å². The monoisotopic (exact) mass is 316 g/mol. The van der Waals surface area contributed by atoms with Crippen LogP contribution in [0.4, 0.5) is 0 Å². The molecule has 1 atom stereocenters. The number of nitrogens with one attached hydrogen (secondary N) is 3. The topological polar surface area (TPSA) is 115 Å². The molecule has 1 aromatic rings. The quantitative estimate of drug-likeness (QED) is 0.735. The van der Waals surface area contributed by atoms with Gasteiger partial charge in [0.1, 0.15) is 17.7 Å². The second kappa shape index (κ2) is 7.09. The molecule has 0 unspecified atom stereocenters. The maximum Gasteiger partial charge on any atom is 0.266 e. The van der Waals surface area contributed by atoms with Crippen molar-refractivity contribution < 1.29 is 9.59 Å². The number of aryl methyl sites for hydroxylation is 1. The molecule has 1 aliphatic rings. The van der Waals surface area contributed by atoms with Gasteiger partial charge < -0.3 is 15.6 Å². The van der Waals surface area contributed by atoms with Gasteiger partial charge >= 0.3 is 0 Å². The Labute approximate surface area is 134 Å². The highest BCUT2D eigenvalue weighted by molar-refractivity contribution is 5.88. The molecule has 7 nitrogen and oxygen atoms in total. The van der Waals surface area contributed by atoms with Gasteiger partial charge in [0.25, 0.3) is 5.56 Å². The number of carbonyl (C=O) groups excluding carboxylic acids is 2. The largest absolute Gasteiger partial charge is 0.354 e. The Morgan fingerprint density at radius 2 is 2.13 bits per heavy atom. The zero-order chi connectivity index (χ0) is 17.0. The Balaban J connectivity index is 2.03. The van der Waals surface area contributed by atoms with Crippen LogP contribution in [0.25, 0.3) is 0 Å². The first-order valence-corrected chi connectivity index (χ1v) is 7.63. The van der Waals surface area contributed by atoms with Gasteiger partial charge in [-0.15, -0.1) is 0 Å². The molecule has 3 N–H and O–H groups in total. The van der Waals surface area contributed by atoms with Gasteiger partial charge in [0, 0.05) is 18.7 Å². The van der Waals surface area contributed by atoms with Crippen LogP contribution in [0, 0.1) is 25.2 Å². The van der Waals surface area contributed by atoms with E-state index in [0.717, 1.165) is 12.0 Å². The SMILES string of the molecule is Cc1[nH]c(=O)c(C#N)c(C)c1CCC(=O)N[C@H]1CCCNC1=O. The number of H-pyrrole nitrogens is 1. The number of hydrogen-bond acceptors (Lipinski definition) is 4. The van der Waals surface area contributed by atoms with E-state index in [0.29, 0.717) is 30.6 Å². The smallest absolute Gasteiger partial charge is 0.266 e. The Morgan fingerprint density at radius 1 is 1.39 bits per heavy atom. The first-order chi connectivity index (χ1) is 10.9. The van der Waals surface area contributed by atoms with E-state index in [4.69, 9.17) is 5.26 Å². The van der Waals surface area contributed by atoms with Crippen molar-refractivity contribution in [1.29, 1.82) is 5.26 Å². The first-order valence-electron chi connectivity index (χ1n) is 7.63. The van der Waals surface area contributed by atoms with Crippen LogP contribution >= 0.6 is 0 Å². The summed E-state index contributed by atoms with van der Waals surface area (Å²) >= 11 is 0. The van der Waals surface area contributed by atoms with Crippen LogP contribution in [0.15, 0.2) is 4.79 Å². The van der Waals surface area contributed by atoms with E-state index in [-0.39, 0.29) is 23.8 Å². The molecule has 0 aliphatic carbocycles. The molecule has 1 saturated heterocycles. The Bertz CT molecular complexity index is 730. The van der Waals surface area contributed by atoms with Gasteiger partial charge in [-0.25, -0.2) is 0 Å². The lowest BCUT2D eigenvalue weighted by molar-refractivity contribution is -0.130. The highest BCUT2D eigenvalue weighted by Gasteiger charge is 2.23. The number of pyridine rings is 1. The fraction of sp³-hybridized carbons (Fsp3) is 0.500. The predicted octanol–water partition coefficient (Wildman–Crippen LogP) is 0.191. The molecule has 122 valence electrons. The summed E-state index contributed by atoms with van der Waals surface area (Å²) in [4.78, 5) is 38.0. The van der Waals surface area contributed by atoms with Crippen LogP contribution in [-0.4, -0.2) is 29.4 Å².